The lowest BCUT2D eigenvalue weighted by Crippen LogP contribution is -2.00. The van der Waals surface area contributed by atoms with Crippen molar-refractivity contribution in [1.82, 2.24) is 0 Å². The fourth-order valence-electron chi connectivity index (χ4n) is 1.62. The van der Waals surface area contributed by atoms with Gasteiger partial charge in [0.05, 0.1) is 4.47 Å². The molecule has 0 saturated carbocycles. The molecular formula is C14H9BrCl2O4. The fourth-order valence-corrected chi connectivity index (χ4v) is 2.54. The van der Waals surface area contributed by atoms with Crippen LogP contribution in [0.4, 0.5) is 0 Å². The normalized spacial score (nSPS) is 10.4. The minimum Gasteiger partial charge on any atom is -0.507 e. The van der Waals surface area contributed by atoms with Gasteiger partial charge in [0.2, 0.25) is 0 Å². The first-order valence-corrected chi connectivity index (χ1v) is 7.26. The van der Waals surface area contributed by atoms with E-state index in [0.717, 1.165) is 5.56 Å². The number of phenols is 1. The molecule has 4 nitrogen and oxygen atoms in total. The molecule has 0 bridgehead atoms. The van der Waals surface area contributed by atoms with Crippen molar-refractivity contribution < 1.29 is 19.7 Å². The van der Waals surface area contributed by atoms with Crippen LogP contribution in [0.2, 0.25) is 10.0 Å². The molecule has 0 aliphatic carbocycles. The molecule has 110 valence electrons. The summed E-state index contributed by atoms with van der Waals surface area (Å²) in [6.45, 7) is 0.153. The number of benzene rings is 2. The molecular weight excluding hydrogens is 383 g/mol. The predicted octanol–water partition coefficient (Wildman–Crippen LogP) is 4.74. The smallest absolute Gasteiger partial charge is 0.339 e. The zero-order chi connectivity index (χ0) is 15.6. The highest BCUT2D eigenvalue weighted by Gasteiger charge is 2.14. The Labute approximate surface area is 139 Å². The molecule has 2 N–H and O–H groups in total. The van der Waals surface area contributed by atoms with Gasteiger partial charge in [-0.15, -0.1) is 0 Å². The van der Waals surface area contributed by atoms with E-state index in [1.165, 1.54) is 12.1 Å². The first kappa shape index (κ1) is 15.9. The van der Waals surface area contributed by atoms with Crippen LogP contribution in [0.5, 0.6) is 11.5 Å². The van der Waals surface area contributed by atoms with Gasteiger partial charge in [0.1, 0.15) is 23.7 Å². The summed E-state index contributed by atoms with van der Waals surface area (Å²) in [5.41, 5.74) is 0.508. The van der Waals surface area contributed by atoms with Crippen LogP contribution in [0.3, 0.4) is 0 Å². The highest BCUT2D eigenvalue weighted by Crippen LogP contribution is 2.33. The van der Waals surface area contributed by atoms with E-state index in [9.17, 15) is 9.90 Å². The quantitative estimate of drug-likeness (QED) is 0.789. The largest absolute Gasteiger partial charge is 0.507 e. The number of carboxylic acids is 1. The van der Waals surface area contributed by atoms with E-state index in [0.29, 0.717) is 20.3 Å². The topological polar surface area (TPSA) is 66.8 Å². The number of hydrogen-bond donors (Lipinski definition) is 2. The summed E-state index contributed by atoms with van der Waals surface area (Å²) in [5.74, 6) is -1.29. The third-order valence-electron chi connectivity index (χ3n) is 2.68. The minimum atomic E-state index is -1.22. The molecule has 0 amide bonds. The van der Waals surface area contributed by atoms with Crippen molar-refractivity contribution in [3.63, 3.8) is 0 Å². The Kier molecular flexibility index (Phi) is 4.98. The second-order valence-electron chi connectivity index (χ2n) is 4.13. The first-order chi connectivity index (χ1) is 9.88. The lowest BCUT2D eigenvalue weighted by molar-refractivity contribution is 0.0693. The van der Waals surface area contributed by atoms with Gasteiger partial charge in [-0.3, -0.25) is 0 Å². The van der Waals surface area contributed by atoms with Crippen LogP contribution in [-0.4, -0.2) is 16.2 Å². The zero-order valence-corrected chi connectivity index (χ0v) is 13.5. The molecule has 7 heteroatoms. The van der Waals surface area contributed by atoms with E-state index >= 15 is 0 Å². The van der Waals surface area contributed by atoms with Crippen molar-refractivity contribution in [2.24, 2.45) is 0 Å². The Morgan fingerprint density at radius 2 is 1.95 bits per heavy atom. The van der Waals surface area contributed by atoms with Crippen LogP contribution in [0.1, 0.15) is 15.9 Å². The molecule has 0 unspecified atom stereocenters. The molecule has 0 atom stereocenters. The third kappa shape index (κ3) is 3.81. The molecule has 0 heterocycles. The number of hydrogen-bond acceptors (Lipinski definition) is 3. The number of carboxylic acid groups (broad SMARTS) is 1. The molecule has 0 fully saturated rings. The van der Waals surface area contributed by atoms with Crippen LogP contribution in [-0.2, 0) is 6.61 Å². The van der Waals surface area contributed by atoms with Gasteiger partial charge < -0.3 is 14.9 Å². The number of aromatic hydroxyl groups is 1. The lowest BCUT2D eigenvalue weighted by Gasteiger charge is -2.11. The molecule has 2 rings (SSSR count). The lowest BCUT2D eigenvalue weighted by atomic mass is 10.2. The number of carbonyl (C=O) groups is 1. The van der Waals surface area contributed by atoms with E-state index < -0.39 is 5.97 Å². The van der Waals surface area contributed by atoms with Gasteiger partial charge in [-0.25, -0.2) is 4.79 Å². The summed E-state index contributed by atoms with van der Waals surface area (Å²) in [7, 11) is 0. The van der Waals surface area contributed by atoms with Crippen LogP contribution in [0, 0.1) is 0 Å². The summed E-state index contributed by atoms with van der Waals surface area (Å²) in [6, 6.07) is 7.52. The van der Waals surface area contributed by atoms with Crippen molar-refractivity contribution in [3.8, 4) is 11.5 Å². The SMILES string of the molecule is O=C(O)c1cc(Br)c(OCc2ccc(Cl)cc2Cl)cc1O. The van der Waals surface area contributed by atoms with Crippen molar-refractivity contribution in [1.29, 1.82) is 0 Å². The Bertz CT molecular complexity index is 704. The maximum Gasteiger partial charge on any atom is 0.339 e. The molecule has 0 radical (unpaired) electrons. The third-order valence-corrected chi connectivity index (χ3v) is 3.89. The Balaban J connectivity index is 2.20. The summed E-state index contributed by atoms with van der Waals surface area (Å²) < 4.78 is 5.95. The van der Waals surface area contributed by atoms with E-state index in [2.05, 4.69) is 15.9 Å². The van der Waals surface area contributed by atoms with Crippen molar-refractivity contribution in [3.05, 3.63) is 56.0 Å². The number of halogens is 3. The number of ether oxygens (including phenoxy) is 1. The van der Waals surface area contributed by atoms with Gasteiger partial charge >= 0.3 is 5.97 Å². The highest BCUT2D eigenvalue weighted by atomic mass is 79.9. The van der Waals surface area contributed by atoms with Gasteiger partial charge in [0.25, 0.3) is 0 Å². The molecule has 21 heavy (non-hydrogen) atoms. The van der Waals surface area contributed by atoms with Crippen LogP contribution in [0.15, 0.2) is 34.8 Å². The summed E-state index contributed by atoms with van der Waals surface area (Å²) >= 11 is 15.0. The maximum atomic E-state index is 10.9. The maximum absolute atomic E-state index is 10.9. The van der Waals surface area contributed by atoms with E-state index in [4.69, 9.17) is 33.0 Å². The first-order valence-electron chi connectivity index (χ1n) is 5.71. The number of aromatic carboxylic acids is 1. The Morgan fingerprint density at radius 1 is 1.24 bits per heavy atom. The van der Waals surface area contributed by atoms with Crippen molar-refractivity contribution in [2.75, 3.05) is 0 Å². The average Bonchev–Trinajstić information content (AvgIpc) is 2.40. The highest BCUT2D eigenvalue weighted by molar-refractivity contribution is 9.10. The van der Waals surface area contributed by atoms with E-state index in [1.54, 1.807) is 18.2 Å². The molecule has 0 saturated heterocycles. The zero-order valence-electron chi connectivity index (χ0n) is 10.4. The second-order valence-corrected chi connectivity index (χ2v) is 5.83. The molecule has 0 spiro atoms. The Hall–Kier alpha value is -1.43. The fraction of sp³-hybridized carbons (Fsp3) is 0.0714. The van der Waals surface area contributed by atoms with E-state index in [1.807, 2.05) is 0 Å². The summed E-state index contributed by atoms with van der Waals surface area (Å²) in [5, 5.41) is 19.5. The van der Waals surface area contributed by atoms with Crippen LogP contribution >= 0.6 is 39.1 Å². The minimum absolute atomic E-state index is 0.153. The molecule has 2 aromatic rings. The number of rotatable bonds is 4. The van der Waals surface area contributed by atoms with Gasteiger partial charge in [-0.2, -0.15) is 0 Å². The monoisotopic (exact) mass is 390 g/mol. The molecule has 0 aliphatic rings. The molecule has 2 aromatic carbocycles. The predicted molar refractivity (Wildman–Crippen MR) is 83.6 cm³/mol. The van der Waals surface area contributed by atoms with Gasteiger partial charge in [-0.05, 0) is 34.1 Å². The van der Waals surface area contributed by atoms with Crippen molar-refractivity contribution >= 4 is 45.1 Å². The standard InChI is InChI=1S/C14H9BrCl2O4/c15-10-4-9(14(19)20)12(18)5-13(10)21-6-7-1-2-8(16)3-11(7)17/h1-5,18H,6H2,(H,19,20). The Morgan fingerprint density at radius 3 is 2.57 bits per heavy atom. The van der Waals surface area contributed by atoms with Gasteiger partial charge in [0, 0.05) is 21.7 Å². The average molecular weight is 392 g/mol. The summed E-state index contributed by atoms with van der Waals surface area (Å²) in [4.78, 5) is 10.9. The van der Waals surface area contributed by atoms with Crippen molar-refractivity contribution in [2.45, 2.75) is 6.61 Å². The second kappa shape index (κ2) is 6.56. The van der Waals surface area contributed by atoms with Crippen LogP contribution in [0.25, 0.3) is 0 Å². The molecule has 0 aliphatic heterocycles. The van der Waals surface area contributed by atoms with Gasteiger partial charge in [0.15, 0.2) is 0 Å². The summed E-state index contributed by atoms with van der Waals surface area (Å²) in [6.07, 6.45) is 0. The van der Waals surface area contributed by atoms with Gasteiger partial charge in [-0.1, -0.05) is 29.3 Å². The molecule has 0 aromatic heterocycles. The van der Waals surface area contributed by atoms with E-state index in [-0.39, 0.29) is 17.9 Å². The van der Waals surface area contributed by atoms with Crippen LogP contribution < -0.4 is 4.74 Å².